The number of fused-ring (bicyclic) bond motifs is 2. The number of rotatable bonds is 1. The summed E-state index contributed by atoms with van der Waals surface area (Å²) in [6.07, 6.45) is 5.90. The Bertz CT molecular complexity index is 618. The Labute approximate surface area is 87.1 Å². The van der Waals surface area contributed by atoms with Crippen LogP contribution in [0.4, 0.5) is 0 Å². The van der Waals surface area contributed by atoms with Crippen LogP contribution in [0.1, 0.15) is 0 Å². The molecule has 15 heavy (non-hydrogen) atoms. The van der Waals surface area contributed by atoms with Crippen molar-refractivity contribution in [3.63, 3.8) is 0 Å². The number of hydrogen-bond donors (Lipinski definition) is 1. The molecule has 2 aliphatic carbocycles. The maximum Gasteiger partial charge on any atom is 0.131 e. The maximum absolute atomic E-state index is 10.0. The lowest BCUT2D eigenvalue weighted by atomic mass is 10.1. The van der Waals surface area contributed by atoms with E-state index in [0.717, 1.165) is 27.3 Å². The molecule has 0 bridgehead atoms. The number of methoxy groups -OCH3 is 1. The highest BCUT2D eigenvalue weighted by Crippen LogP contribution is 2.26. The molecule has 0 saturated carbocycles. The third-order valence-corrected chi connectivity index (χ3v) is 2.84. The van der Waals surface area contributed by atoms with Gasteiger partial charge in [-0.2, -0.15) is 0 Å². The summed E-state index contributed by atoms with van der Waals surface area (Å²) in [6, 6.07) is 5.76. The molecule has 0 saturated heterocycles. The summed E-state index contributed by atoms with van der Waals surface area (Å²) in [4.78, 5) is 0. The van der Waals surface area contributed by atoms with E-state index in [2.05, 4.69) is 0 Å². The van der Waals surface area contributed by atoms with Crippen molar-refractivity contribution in [2.45, 2.75) is 0 Å². The second-order valence-corrected chi connectivity index (χ2v) is 3.61. The molecule has 0 aliphatic heterocycles. The Kier molecular flexibility index (Phi) is 1.54. The molecule has 0 unspecified atom stereocenters. The van der Waals surface area contributed by atoms with Gasteiger partial charge >= 0.3 is 0 Å². The van der Waals surface area contributed by atoms with Gasteiger partial charge in [-0.1, -0.05) is 18.2 Å². The van der Waals surface area contributed by atoms with E-state index in [-0.39, 0.29) is 0 Å². The number of allylic oxidation sites excluding steroid dienone is 3. The number of ether oxygens (including phenoxy) is 1. The fourth-order valence-corrected chi connectivity index (χ4v) is 2.09. The minimum Gasteiger partial charge on any atom is -0.507 e. The summed E-state index contributed by atoms with van der Waals surface area (Å²) in [7, 11) is 1.63. The molecule has 2 nitrogen and oxygen atoms in total. The van der Waals surface area contributed by atoms with Gasteiger partial charge in [0.2, 0.25) is 0 Å². The van der Waals surface area contributed by atoms with Crippen molar-refractivity contribution < 1.29 is 9.84 Å². The van der Waals surface area contributed by atoms with Crippen molar-refractivity contribution >= 4 is 11.3 Å². The predicted octanol–water partition coefficient (Wildman–Crippen LogP) is 1.02. The van der Waals surface area contributed by atoms with Gasteiger partial charge in [0.05, 0.1) is 7.11 Å². The van der Waals surface area contributed by atoms with Crippen LogP contribution in [0.5, 0.6) is 5.75 Å². The summed E-state index contributed by atoms with van der Waals surface area (Å²) >= 11 is 0. The zero-order valence-electron chi connectivity index (χ0n) is 8.32. The van der Waals surface area contributed by atoms with Gasteiger partial charge in [-0.15, -0.1) is 0 Å². The van der Waals surface area contributed by atoms with E-state index in [1.807, 2.05) is 36.4 Å². The van der Waals surface area contributed by atoms with Crippen molar-refractivity contribution in [1.29, 1.82) is 0 Å². The van der Waals surface area contributed by atoms with Crippen LogP contribution in [0, 0.1) is 0 Å². The SMILES string of the molecule is COc1ccc2c(c1)=C(O)C1=CC=CC=21. The van der Waals surface area contributed by atoms with Crippen molar-refractivity contribution in [3.8, 4) is 5.75 Å². The lowest BCUT2D eigenvalue weighted by Gasteiger charge is -1.97. The number of aliphatic hydroxyl groups is 1. The summed E-state index contributed by atoms with van der Waals surface area (Å²) in [6.45, 7) is 0. The Hall–Kier alpha value is -1.96. The lowest BCUT2D eigenvalue weighted by molar-refractivity contribution is 0.414. The molecule has 1 aromatic rings. The number of aliphatic hydroxyl groups excluding tert-OH is 1. The van der Waals surface area contributed by atoms with E-state index in [1.165, 1.54) is 0 Å². The van der Waals surface area contributed by atoms with Crippen LogP contribution >= 0.6 is 0 Å². The molecule has 1 N–H and O–H groups in total. The highest BCUT2D eigenvalue weighted by Gasteiger charge is 2.19. The normalized spacial score (nSPS) is 16.5. The molecule has 0 fully saturated rings. The lowest BCUT2D eigenvalue weighted by Crippen LogP contribution is -2.23. The molecule has 0 spiro atoms. The average Bonchev–Trinajstić information content (AvgIpc) is 2.83. The van der Waals surface area contributed by atoms with Crippen molar-refractivity contribution in [2.24, 2.45) is 0 Å². The van der Waals surface area contributed by atoms with E-state index in [0.29, 0.717) is 5.76 Å². The highest BCUT2D eigenvalue weighted by molar-refractivity contribution is 5.93. The third-order valence-electron chi connectivity index (χ3n) is 2.84. The first-order valence-corrected chi connectivity index (χ1v) is 4.82. The molecule has 0 atom stereocenters. The fraction of sp³-hybridized carbons (Fsp3) is 0.0769. The molecule has 0 aromatic heterocycles. The zero-order valence-corrected chi connectivity index (χ0v) is 8.32. The minimum absolute atomic E-state index is 0.351. The topological polar surface area (TPSA) is 29.5 Å². The first-order chi connectivity index (χ1) is 7.31. The quantitative estimate of drug-likeness (QED) is 0.730. The molecule has 0 amide bonds. The van der Waals surface area contributed by atoms with Crippen LogP contribution in [0.15, 0.2) is 42.0 Å². The maximum atomic E-state index is 10.0. The highest BCUT2D eigenvalue weighted by atomic mass is 16.5. The van der Waals surface area contributed by atoms with Gasteiger partial charge in [-0.05, 0) is 29.0 Å². The molecule has 74 valence electrons. The van der Waals surface area contributed by atoms with E-state index in [1.54, 1.807) is 7.11 Å². The standard InChI is InChI=1S/C13H10O2/c1-15-8-5-6-10-9-3-2-4-11(9)13(14)12(10)7-8/h2-7,14H,1H3. The smallest absolute Gasteiger partial charge is 0.131 e. The van der Waals surface area contributed by atoms with Gasteiger partial charge in [0.1, 0.15) is 11.5 Å². The van der Waals surface area contributed by atoms with Crippen LogP contribution in [0.25, 0.3) is 11.3 Å². The molecular formula is C13H10O2. The summed E-state index contributed by atoms with van der Waals surface area (Å²) in [5.41, 5.74) is 2.02. The van der Waals surface area contributed by atoms with Crippen molar-refractivity contribution in [1.82, 2.24) is 0 Å². The molecule has 0 heterocycles. The summed E-state index contributed by atoms with van der Waals surface area (Å²) in [5.74, 6) is 1.12. The predicted molar refractivity (Wildman–Crippen MR) is 58.9 cm³/mol. The monoisotopic (exact) mass is 198 g/mol. The molecule has 1 aromatic carbocycles. The first kappa shape index (κ1) is 8.36. The van der Waals surface area contributed by atoms with E-state index >= 15 is 0 Å². The van der Waals surface area contributed by atoms with Crippen molar-refractivity contribution in [2.75, 3.05) is 7.11 Å². The van der Waals surface area contributed by atoms with Gasteiger partial charge in [0.25, 0.3) is 0 Å². The van der Waals surface area contributed by atoms with Gasteiger partial charge in [-0.25, -0.2) is 0 Å². The second kappa shape index (κ2) is 2.76. The molecule has 2 heteroatoms. The Morgan fingerprint density at radius 1 is 1.20 bits per heavy atom. The Morgan fingerprint density at radius 3 is 2.87 bits per heavy atom. The van der Waals surface area contributed by atoms with Crippen LogP contribution in [-0.2, 0) is 0 Å². The second-order valence-electron chi connectivity index (χ2n) is 3.61. The van der Waals surface area contributed by atoms with Crippen LogP contribution in [0.3, 0.4) is 0 Å². The van der Waals surface area contributed by atoms with Crippen LogP contribution in [-0.4, -0.2) is 12.2 Å². The Balaban J connectivity index is 2.45. The van der Waals surface area contributed by atoms with Gasteiger partial charge in [0, 0.05) is 10.8 Å². The molecule has 2 aliphatic rings. The van der Waals surface area contributed by atoms with Gasteiger partial charge in [0.15, 0.2) is 0 Å². The van der Waals surface area contributed by atoms with E-state index in [4.69, 9.17) is 4.74 Å². The van der Waals surface area contributed by atoms with Crippen LogP contribution in [0.2, 0.25) is 0 Å². The largest absolute Gasteiger partial charge is 0.507 e. The summed E-state index contributed by atoms with van der Waals surface area (Å²) in [5, 5.41) is 11.9. The van der Waals surface area contributed by atoms with Crippen LogP contribution < -0.4 is 15.2 Å². The Morgan fingerprint density at radius 2 is 2.07 bits per heavy atom. The molecule has 0 radical (unpaired) electrons. The van der Waals surface area contributed by atoms with Gasteiger partial charge < -0.3 is 9.84 Å². The molecule has 3 rings (SSSR count). The zero-order chi connectivity index (χ0) is 10.4. The first-order valence-electron chi connectivity index (χ1n) is 4.82. The summed E-state index contributed by atoms with van der Waals surface area (Å²) < 4.78 is 5.14. The number of hydrogen-bond acceptors (Lipinski definition) is 2. The van der Waals surface area contributed by atoms with E-state index < -0.39 is 0 Å². The molecular weight excluding hydrogens is 188 g/mol. The van der Waals surface area contributed by atoms with Crippen molar-refractivity contribution in [3.05, 3.63) is 52.4 Å². The van der Waals surface area contributed by atoms with E-state index in [9.17, 15) is 5.11 Å². The number of benzene rings is 1. The average molecular weight is 198 g/mol. The van der Waals surface area contributed by atoms with Gasteiger partial charge in [-0.3, -0.25) is 0 Å². The minimum atomic E-state index is 0.351. The third kappa shape index (κ3) is 0.988. The fourth-order valence-electron chi connectivity index (χ4n) is 2.09.